The van der Waals surface area contributed by atoms with Gasteiger partial charge >= 0.3 is 6.03 Å². The summed E-state index contributed by atoms with van der Waals surface area (Å²) in [4.78, 5) is 20.4. The highest BCUT2D eigenvalue weighted by Gasteiger charge is 2.22. The minimum Gasteiger partial charge on any atom is -0.495 e. The summed E-state index contributed by atoms with van der Waals surface area (Å²) in [6, 6.07) is 13.3. The second-order valence-corrected chi connectivity index (χ2v) is 5.29. The van der Waals surface area contributed by atoms with E-state index in [4.69, 9.17) is 4.74 Å². The fourth-order valence-electron chi connectivity index (χ4n) is 2.67. The number of ether oxygens (including phenoxy) is 1. The highest BCUT2D eigenvalue weighted by atomic mass is 16.5. The predicted molar refractivity (Wildman–Crippen MR) is 90.0 cm³/mol. The van der Waals surface area contributed by atoms with Crippen LogP contribution in [0.5, 0.6) is 5.75 Å². The zero-order chi connectivity index (χ0) is 16.1. The van der Waals surface area contributed by atoms with E-state index < -0.39 is 0 Å². The van der Waals surface area contributed by atoms with Gasteiger partial charge < -0.3 is 14.5 Å². The molecule has 1 aromatic heterocycles. The van der Waals surface area contributed by atoms with Crippen LogP contribution in [-0.2, 0) is 0 Å². The third-order valence-electron chi connectivity index (χ3n) is 3.89. The van der Waals surface area contributed by atoms with E-state index in [-0.39, 0.29) is 6.03 Å². The molecule has 0 unspecified atom stereocenters. The van der Waals surface area contributed by atoms with E-state index in [1.165, 1.54) is 0 Å². The molecule has 6 heteroatoms. The molecule has 0 saturated carbocycles. The summed E-state index contributed by atoms with van der Waals surface area (Å²) in [6.45, 7) is 2.87. The largest absolute Gasteiger partial charge is 0.495 e. The number of carbonyl (C=O) groups excluding carboxylic acids is 1. The van der Waals surface area contributed by atoms with Gasteiger partial charge in [0.1, 0.15) is 11.6 Å². The number of carbonyl (C=O) groups is 1. The van der Waals surface area contributed by atoms with Crippen LogP contribution in [0.4, 0.5) is 16.3 Å². The van der Waals surface area contributed by atoms with Gasteiger partial charge in [0.05, 0.1) is 12.8 Å². The summed E-state index contributed by atoms with van der Waals surface area (Å²) < 4.78 is 5.41. The van der Waals surface area contributed by atoms with Crippen LogP contribution in [0.15, 0.2) is 48.7 Å². The Labute approximate surface area is 135 Å². The maximum absolute atomic E-state index is 12.3. The van der Waals surface area contributed by atoms with Crippen molar-refractivity contribution in [1.82, 2.24) is 9.88 Å². The van der Waals surface area contributed by atoms with E-state index >= 15 is 0 Å². The van der Waals surface area contributed by atoms with Crippen LogP contribution >= 0.6 is 0 Å². The second kappa shape index (κ2) is 7.00. The third kappa shape index (κ3) is 3.53. The fourth-order valence-corrected chi connectivity index (χ4v) is 2.67. The van der Waals surface area contributed by atoms with Gasteiger partial charge in [0.15, 0.2) is 0 Å². The SMILES string of the molecule is COc1ccccc1N1CCN(C(=O)Nc2ccccn2)CC1. The maximum atomic E-state index is 12.3. The van der Waals surface area contributed by atoms with Gasteiger partial charge in [0, 0.05) is 32.4 Å². The maximum Gasteiger partial charge on any atom is 0.323 e. The van der Waals surface area contributed by atoms with Gasteiger partial charge in [-0.05, 0) is 24.3 Å². The zero-order valence-electron chi connectivity index (χ0n) is 13.1. The standard InChI is InChI=1S/C17H20N4O2/c1-23-15-7-3-2-6-14(15)20-10-12-21(13-11-20)17(22)19-16-8-4-5-9-18-16/h2-9H,10-13H2,1H3,(H,18,19,22). The minimum absolute atomic E-state index is 0.108. The second-order valence-electron chi connectivity index (χ2n) is 5.29. The van der Waals surface area contributed by atoms with E-state index in [9.17, 15) is 4.79 Å². The average Bonchev–Trinajstić information content (AvgIpc) is 2.62. The molecule has 120 valence electrons. The first kappa shape index (κ1) is 15.1. The molecule has 6 nitrogen and oxygen atoms in total. The molecule has 23 heavy (non-hydrogen) atoms. The number of benzene rings is 1. The Morgan fingerprint density at radius 1 is 1.09 bits per heavy atom. The first-order valence-electron chi connectivity index (χ1n) is 7.63. The van der Waals surface area contributed by atoms with E-state index in [1.54, 1.807) is 24.3 Å². The Morgan fingerprint density at radius 2 is 1.83 bits per heavy atom. The van der Waals surface area contributed by atoms with Crippen LogP contribution in [0.1, 0.15) is 0 Å². The summed E-state index contributed by atoms with van der Waals surface area (Å²) in [5.41, 5.74) is 1.07. The normalized spacial score (nSPS) is 14.5. The molecule has 2 heterocycles. The lowest BCUT2D eigenvalue weighted by Crippen LogP contribution is -2.50. The molecule has 1 N–H and O–H groups in total. The van der Waals surface area contributed by atoms with Crippen LogP contribution in [-0.4, -0.2) is 49.2 Å². The van der Waals surface area contributed by atoms with Gasteiger partial charge in [-0.1, -0.05) is 18.2 Å². The summed E-state index contributed by atoms with van der Waals surface area (Å²) >= 11 is 0. The number of amides is 2. The molecular weight excluding hydrogens is 292 g/mol. The summed E-state index contributed by atoms with van der Waals surface area (Å²) in [5, 5.41) is 2.82. The molecule has 0 spiro atoms. The molecule has 0 atom stereocenters. The average molecular weight is 312 g/mol. The topological polar surface area (TPSA) is 57.7 Å². The molecule has 2 aromatic rings. The van der Waals surface area contributed by atoms with Crippen LogP contribution in [0.3, 0.4) is 0 Å². The minimum atomic E-state index is -0.108. The lowest BCUT2D eigenvalue weighted by atomic mass is 10.2. The van der Waals surface area contributed by atoms with Crippen molar-refractivity contribution in [3.05, 3.63) is 48.7 Å². The molecule has 0 radical (unpaired) electrons. The van der Waals surface area contributed by atoms with Crippen molar-refractivity contribution in [1.29, 1.82) is 0 Å². The van der Waals surface area contributed by atoms with Crippen LogP contribution in [0.2, 0.25) is 0 Å². The summed E-state index contributed by atoms with van der Waals surface area (Å²) in [5.74, 6) is 1.43. The lowest BCUT2D eigenvalue weighted by Gasteiger charge is -2.36. The smallest absolute Gasteiger partial charge is 0.323 e. The number of hydrogen-bond acceptors (Lipinski definition) is 4. The van der Waals surface area contributed by atoms with E-state index in [1.807, 2.05) is 36.4 Å². The van der Waals surface area contributed by atoms with Crippen molar-refractivity contribution in [2.75, 3.05) is 43.5 Å². The fraction of sp³-hybridized carbons (Fsp3) is 0.294. The molecule has 2 amide bonds. The first-order chi connectivity index (χ1) is 11.3. The molecule has 1 saturated heterocycles. The van der Waals surface area contributed by atoms with Crippen molar-refractivity contribution in [2.24, 2.45) is 0 Å². The number of urea groups is 1. The number of rotatable bonds is 3. The predicted octanol–water partition coefficient (Wildman–Crippen LogP) is 2.44. The number of nitrogens with one attached hydrogen (secondary N) is 1. The molecule has 0 aliphatic carbocycles. The van der Waals surface area contributed by atoms with Crippen molar-refractivity contribution >= 4 is 17.5 Å². The van der Waals surface area contributed by atoms with Crippen LogP contribution < -0.4 is 15.0 Å². The van der Waals surface area contributed by atoms with Gasteiger partial charge in [-0.25, -0.2) is 9.78 Å². The third-order valence-corrected chi connectivity index (χ3v) is 3.89. The molecule has 1 aliphatic heterocycles. The van der Waals surface area contributed by atoms with Crippen molar-refractivity contribution in [2.45, 2.75) is 0 Å². The number of piperazine rings is 1. The molecular formula is C17H20N4O2. The van der Waals surface area contributed by atoms with Gasteiger partial charge in [-0.15, -0.1) is 0 Å². The van der Waals surface area contributed by atoms with E-state index in [2.05, 4.69) is 15.2 Å². The van der Waals surface area contributed by atoms with Gasteiger partial charge in [0.2, 0.25) is 0 Å². The molecule has 1 aliphatic rings. The number of anilines is 2. The number of para-hydroxylation sites is 2. The summed E-state index contributed by atoms with van der Waals surface area (Å²) in [7, 11) is 1.68. The Bertz CT molecular complexity index is 655. The van der Waals surface area contributed by atoms with Crippen LogP contribution in [0, 0.1) is 0 Å². The van der Waals surface area contributed by atoms with Crippen LogP contribution in [0.25, 0.3) is 0 Å². The molecule has 1 aromatic carbocycles. The van der Waals surface area contributed by atoms with Gasteiger partial charge in [-0.2, -0.15) is 0 Å². The van der Waals surface area contributed by atoms with Gasteiger partial charge in [-0.3, -0.25) is 5.32 Å². The Hall–Kier alpha value is -2.76. The number of pyridine rings is 1. The van der Waals surface area contributed by atoms with E-state index in [0.717, 1.165) is 24.5 Å². The monoisotopic (exact) mass is 312 g/mol. The highest BCUT2D eigenvalue weighted by molar-refractivity contribution is 5.88. The molecule has 0 bridgehead atoms. The number of methoxy groups -OCH3 is 1. The number of nitrogens with zero attached hydrogens (tertiary/aromatic N) is 3. The first-order valence-corrected chi connectivity index (χ1v) is 7.63. The Kier molecular flexibility index (Phi) is 4.61. The molecule has 1 fully saturated rings. The quantitative estimate of drug-likeness (QED) is 0.946. The number of aromatic nitrogens is 1. The van der Waals surface area contributed by atoms with Crippen molar-refractivity contribution < 1.29 is 9.53 Å². The Morgan fingerprint density at radius 3 is 2.52 bits per heavy atom. The Balaban J connectivity index is 1.59. The lowest BCUT2D eigenvalue weighted by molar-refractivity contribution is 0.208. The zero-order valence-corrected chi connectivity index (χ0v) is 13.1. The number of hydrogen-bond donors (Lipinski definition) is 1. The van der Waals surface area contributed by atoms with Crippen molar-refractivity contribution in [3.8, 4) is 5.75 Å². The van der Waals surface area contributed by atoms with Crippen molar-refractivity contribution in [3.63, 3.8) is 0 Å². The highest BCUT2D eigenvalue weighted by Crippen LogP contribution is 2.28. The summed E-state index contributed by atoms with van der Waals surface area (Å²) in [6.07, 6.45) is 1.66. The molecule has 3 rings (SSSR count). The van der Waals surface area contributed by atoms with Gasteiger partial charge in [0.25, 0.3) is 0 Å². The van der Waals surface area contributed by atoms with E-state index in [0.29, 0.717) is 18.9 Å².